The molecule has 0 amide bonds. The molecule has 0 aliphatic rings. The number of hydrogen-bond donors (Lipinski definition) is 0. The van der Waals surface area contributed by atoms with Crippen LogP contribution in [0.2, 0.25) is 0 Å². The molecular formula is C14H10F4O2. The van der Waals surface area contributed by atoms with Gasteiger partial charge in [-0.2, -0.15) is 0 Å². The van der Waals surface area contributed by atoms with Gasteiger partial charge in [-0.15, -0.1) is 13.2 Å². The molecule has 2 nitrogen and oxygen atoms in total. The van der Waals surface area contributed by atoms with Crippen LogP contribution in [-0.2, 0) is 0 Å². The second-order valence-corrected chi connectivity index (χ2v) is 3.89. The number of benzene rings is 2. The van der Waals surface area contributed by atoms with Crippen LogP contribution >= 0.6 is 0 Å². The maximum Gasteiger partial charge on any atom is 0.573 e. The summed E-state index contributed by atoms with van der Waals surface area (Å²) in [7, 11) is 1.36. The molecule has 0 N–H and O–H groups in total. The molecule has 6 heteroatoms. The summed E-state index contributed by atoms with van der Waals surface area (Å²) < 4.78 is 59.2. The van der Waals surface area contributed by atoms with Crippen molar-refractivity contribution in [3.05, 3.63) is 48.3 Å². The van der Waals surface area contributed by atoms with Crippen LogP contribution in [0.5, 0.6) is 11.5 Å². The van der Waals surface area contributed by atoms with Gasteiger partial charge in [0.2, 0.25) is 0 Å². The molecule has 0 saturated carbocycles. The molecule has 2 aromatic rings. The van der Waals surface area contributed by atoms with Crippen LogP contribution in [0, 0.1) is 5.82 Å². The standard InChI is InChI=1S/C14H10F4O2/c1-19-12-7-3-6-11(15)13(12)9-4-2-5-10(8-9)20-14(16,17)18/h2-8H,1H3. The number of halogens is 4. The van der Waals surface area contributed by atoms with Gasteiger partial charge in [-0.3, -0.25) is 0 Å². The van der Waals surface area contributed by atoms with Gasteiger partial charge in [0.25, 0.3) is 0 Å². The molecule has 2 aromatic carbocycles. The van der Waals surface area contributed by atoms with Crippen LogP contribution in [0.3, 0.4) is 0 Å². The summed E-state index contributed by atoms with van der Waals surface area (Å²) >= 11 is 0. The average Bonchev–Trinajstić information content (AvgIpc) is 2.36. The average molecular weight is 286 g/mol. The molecule has 0 radical (unpaired) electrons. The third-order valence-corrected chi connectivity index (χ3v) is 2.55. The first-order valence-corrected chi connectivity index (χ1v) is 5.59. The maximum atomic E-state index is 13.8. The Labute approximate surface area is 112 Å². The minimum absolute atomic E-state index is 0.0858. The molecule has 0 bridgehead atoms. The molecule has 0 aromatic heterocycles. The van der Waals surface area contributed by atoms with Crippen molar-refractivity contribution in [2.75, 3.05) is 7.11 Å². The van der Waals surface area contributed by atoms with E-state index in [1.165, 1.54) is 37.4 Å². The Morgan fingerprint density at radius 1 is 1.00 bits per heavy atom. The van der Waals surface area contributed by atoms with Crippen molar-refractivity contribution in [2.45, 2.75) is 6.36 Å². The molecular weight excluding hydrogens is 276 g/mol. The van der Waals surface area contributed by atoms with Crippen LogP contribution < -0.4 is 9.47 Å². The van der Waals surface area contributed by atoms with Gasteiger partial charge in [0, 0.05) is 0 Å². The normalized spacial score (nSPS) is 11.2. The maximum absolute atomic E-state index is 13.8. The van der Waals surface area contributed by atoms with Crippen molar-refractivity contribution in [1.82, 2.24) is 0 Å². The van der Waals surface area contributed by atoms with Crippen molar-refractivity contribution in [1.29, 1.82) is 0 Å². The Morgan fingerprint density at radius 2 is 1.70 bits per heavy atom. The van der Waals surface area contributed by atoms with E-state index in [1.807, 2.05) is 0 Å². The van der Waals surface area contributed by atoms with Gasteiger partial charge >= 0.3 is 6.36 Å². The van der Waals surface area contributed by atoms with E-state index in [0.29, 0.717) is 0 Å². The van der Waals surface area contributed by atoms with Gasteiger partial charge in [-0.1, -0.05) is 18.2 Å². The quantitative estimate of drug-likeness (QED) is 0.779. The van der Waals surface area contributed by atoms with E-state index in [2.05, 4.69) is 4.74 Å². The van der Waals surface area contributed by atoms with Gasteiger partial charge in [0.1, 0.15) is 17.3 Å². The number of methoxy groups -OCH3 is 1. The first-order valence-electron chi connectivity index (χ1n) is 5.59. The van der Waals surface area contributed by atoms with Crippen LogP contribution in [0.4, 0.5) is 17.6 Å². The van der Waals surface area contributed by atoms with Crippen molar-refractivity contribution < 1.29 is 27.0 Å². The molecule has 0 spiro atoms. The van der Waals surface area contributed by atoms with E-state index < -0.39 is 17.9 Å². The summed E-state index contributed by atoms with van der Waals surface area (Å²) in [6.07, 6.45) is -4.79. The zero-order valence-corrected chi connectivity index (χ0v) is 10.4. The van der Waals surface area contributed by atoms with Gasteiger partial charge in [-0.05, 0) is 29.8 Å². The Kier molecular flexibility index (Phi) is 3.83. The van der Waals surface area contributed by atoms with E-state index in [0.717, 1.165) is 12.1 Å². The van der Waals surface area contributed by atoms with E-state index >= 15 is 0 Å². The molecule has 0 heterocycles. The van der Waals surface area contributed by atoms with Crippen LogP contribution in [0.25, 0.3) is 11.1 Å². The van der Waals surface area contributed by atoms with E-state index in [1.54, 1.807) is 0 Å². The van der Waals surface area contributed by atoms with Gasteiger partial charge in [0.15, 0.2) is 0 Å². The molecule has 0 atom stereocenters. The SMILES string of the molecule is COc1cccc(F)c1-c1cccc(OC(F)(F)F)c1. The Balaban J connectivity index is 2.46. The van der Waals surface area contributed by atoms with Gasteiger partial charge in [-0.25, -0.2) is 4.39 Å². The molecule has 0 fully saturated rings. The highest BCUT2D eigenvalue weighted by Crippen LogP contribution is 2.35. The minimum atomic E-state index is -4.79. The van der Waals surface area contributed by atoms with Gasteiger partial charge < -0.3 is 9.47 Å². The van der Waals surface area contributed by atoms with Gasteiger partial charge in [0.05, 0.1) is 12.7 Å². The third-order valence-electron chi connectivity index (χ3n) is 2.55. The van der Waals surface area contributed by atoms with E-state index in [4.69, 9.17) is 4.74 Å². The lowest BCUT2D eigenvalue weighted by molar-refractivity contribution is -0.274. The molecule has 20 heavy (non-hydrogen) atoms. The summed E-state index contributed by atoms with van der Waals surface area (Å²) in [5.74, 6) is -0.775. The highest BCUT2D eigenvalue weighted by molar-refractivity contribution is 5.72. The molecule has 2 rings (SSSR count). The first-order chi connectivity index (χ1) is 9.40. The summed E-state index contributed by atoms with van der Waals surface area (Å²) in [5, 5.41) is 0. The lowest BCUT2D eigenvalue weighted by atomic mass is 10.0. The lowest BCUT2D eigenvalue weighted by Gasteiger charge is -2.12. The Morgan fingerprint density at radius 3 is 2.35 bits per heavy atom. The highest BCUT2D eigenvalue weighted by Gasteiger charge is 2.31. The summed E-state index contributed by atoms with van der Waals surface area (Å²) in [6.45, 7) is 0. The minimum Gasteiger partial charge on any atom is -0.496 e. The van der Waals surface area contributed by atoms with Crippen molar-refractivity contribution in [3.8, 4) is 22.6 Å². The van der Waals surface area contributed by atoms with Crippen molar-refractivity contribution in [3.63, 3.8) is 0 Å². The number of hydrogen-bond acceptors (Lipinski definition) is 2. The number of alkyl halides is 3. The zero-order chi connectivity index (χ0) is 14.8. The Hall–Kier alpha value is -2.24. The Bertz CT molecular complexity index is 608. The smallest absolute Gasteiger partial charge is 0.496 e. The molecule has 0 saturated heterocycles. The van der Waals surface area contributed by atoms with Crippen molar-refractivity contribution in [2.24, 2.45) is 0 Å². The molecule has 0 unspecified atom stereocenters. The summed E-state index contributed by atoms with van der Waals surface area (Å²) in [6, 6.07) is 9.25. The fourth-order valence-corrected chi connectivity index (χ4v) is 1.80. The molecule has 106 valence electrons. The fraction of sp³-hybridized carbons (Fsp3) is 0.143. The number of rotatable bonds is 3. The second-order valence-electron chi connectivity index (χ2n) is 3.89. The largest absolute Gasteiger partial charge is 0.573 e. The van der Waals surface area contributed by atoms with Crippen LogP contribution in [0.15, 0.2) is 42.5 Å². The number of ether oxygens (including phenoxy) is 2. The topological polar surface area (TPSA) is 18.5 Å². The fourth-order valence-electron chi connectivity index (χ4n) is 1.80. The predicted molar refractivity (Wildman–Crippen MR) is 65.1 cm³/mol. The van der Waals surface area contributed by atoms with Crippen LogP contribution in [-0.4, -0.2) is 13.5 Å². The lowest BCUT2D eigenvalue weighted by Crippen LogP contribution is -2.17. The van der Waals surface area contributed by atoms with Crippen LogP contribution in [0.1, 0.15) is 0 Å². The third kappa shape index (κ3) is 3.20. The molecule has 0 aliphatic carbocycles. The monoisotopic (exact) mass is 286 g/mol. The summed E-state index contributed by atoms with van der Waals surface area (Å²) in [4.78, 5) is 0. The highest BCUT2D eigenvalue weighted by atomic mass is 19.4. The predicted octanol–water partition coefficient (Wildman–Crippen LogP) is 4.40. The first kappa shape index (κ1) is 14.2. The summed E-state index contributed by atoms with van der Waals surface area (Å²) in [5.41, 5.74) is 0.323. The van der Waals surface area contributed by atoms with E-state index in [9.17, 15) is 17.6 Å². The van der Waals surface area contributed by atoms with Crippen molar-refractivity contribution >= 4 is 0 Å². The van der Waals surface area contributed by atoms with E-state index in [-0.39, 0.29) is 16.9 Å². The molecule has 0 aliphatic heterocycles. The second kappa shape index (κ2) is 5.40. The zero-order valence-electron chi connectivity index (χ0n) is 10.4.